The maximum atomic E-state index is 13.6. The fourth-order valence-electron chi connectivity index (χ4n) is 3.69. The molecule has 0 saturated heterocycles. The third kappa shape index (κ3) is 9.20. The second-order valence-electron chi connectivity index (χ2n) is 9.05. The van der Waals surface area contributed by atoms with Crippen LogP contribution in [0.15, 0.2) is 83.8 Å². The summed E-state index contributed by atoms with van der Waals surface area (Å²) in [7, 11) is 0. The standard InChI is InChI=1S/C29H32Cl2N2O2S/c1-21(2)19-32-29(35)27(18-22-6-4-3-5-7-22)33(20-23-8-10-24(30)11-9-23)28(34)16-17-36-26-14-12-25(31)13-15-26/h3-15,21,27H,16-20H2,1-2H3,(H,32,35). The quantitative estimate of drug-likeness (QED) is 0.253. The van der Waals surface area contributed by atoms with E-state index in [1.165, 1.54) is 0 Å². The van der Waals surface area contributed by atoms with Gasteiger partial charge in [0, 0.05) is 46.6 Å². The molecule has 190 valence electrons. The van der Waals surface area contributed by atoms with Gasteiger partial charge in [-0.3, -0.25) is 9.59 Å². The van der Waals surface area contributed by atoms with Crippen molar-refractivity contribution in [2.45, 2.75) is 44.2 Å². The summed E-state index contributed by atoms with van der Waals surface area (Å²) in [4.78, 5) is 29.8. The molecule has 3 aromatic rings. The number of nitrogens with one attached hydrogen (secondary N) is 1. The highest BCUT2D eigenvalue weighted by atomic mass is 35.5. The highest BCUT2D eigenvalue weighted by Gasteiger charge is 2.30. The molecule has 0 aromatic heterocycles. The summed E-state index contributed by atoms with van der Waals surface area (Å²) in [5.74, 6) is 0.707. The van der Waals surface area contributed by atoms with Crippen LogP contribution in [-0.2, 0) is 22.6 Å². The van der Waals surface area contributed by atoms with E-state index in [9.17, 15) is 9.59 Å². The number of rotatable bonds is 12. The highest BCUT2D eigenvalue weighted by molar-refractivity contribution is 7.99. The zero-order chi connectivity index (χ0) is 25.9. The zero-order valence-corrected chi connectivity index (χ0v) is 23.0. The van der Waals surface area contributed by atoms with Gasteiger partial charge in [-0.05, 0) is 53.4 Å². The Morgan fingerprint density at radius 2 is 1.47 bits per heavy atom. The fraction of sp³-hybridized carbons (Fsp3) is 0.310. The summed E-state index contributed by atoms with van der Waals surface area (Å²) in [6.07, 6.45) is 0.748. The van der Waals surface area contributed by atoms with Crippen LogP contribution in [0.2, 0.25) is 10.0 Å². The van der Waals surface area contributed by atoms with Gasteiger partial charge in [-0.2, -0.15) is 0 Å². The summed E-state index contributed by atoms with van der Waals surface area (Å²) in [5, 5.41) is 4.36. The SMILES string of the molecule is CC(C)CNC(=O)C(Cc1ccccc1)N(Cc1ccc(Cl)cc1)C(=O)CCSc1ccc(Cl)cc1. The number of halogens is 2. The molecular weight excluding hydrogens is 511 g/mol. The summed E-state index contributed by atoms with van der Waals surface area (Å²) < 4.78 is 0. The number of nitrogens with zero attached hydrogens (tertiary/aromatic N) is 1. The predicted octanol–water partition coefficient (Wildman–Crippen LogP) is 6.89. The molecule has 0 bridgehead atoms. The van der Waals surface area contributed by atoms with Crippen LogP contribution in [0.4, 0.5) is 0 Å². The number of benzene rings is 3. The fourth-order valence-corrected chi connectivity index (χ4v) is 4.79. The van der Waals surface area contributed by atoms with Gasteiger partial charge >= 0.3 is 0 Å². The number of hydrogen-bond acceptors (Lipinski definition) is 3. The van der Waals surface area contributed by atoms with E-state index in [-0.39, 0.29) is 11.8 Å². The first kappa shape index (κ1) is 28.1. The molecule has 0 aliphatic heterocycles. The lowest BCUT2D eigenvalue weighted by Gasteiger charge is -2.32. The maximum Gasteiger partial charge on any atom is 0.243 e. The van der Waals surface area contributed by atoms with Crippen LogP contribution in [0, 0.1) is 5.92 Å². The Morgan fingerprint density at radius 1 is 0.861 bits per heavy atom. The number of carbonyl (C=O) groups excluding carboxylic acids is 2. The molecule has 36 heavy (non-hydrogen) atoms. The molecule has 3 rings (SSSR count). The monoisotopic (exact) mass is 542 g/mol. The molecule has 0 saturated carbocycles. The lowest BCUT2D eigenvalue weighted by molar-refractivity contribution is -0.141. The van der Waals surface area contributed by atoms with Gasteiger partial charge in [0.15, 0.2) is 0 Å². The first-order chi connectivity index (χ1) is 17.3. The van der Waals surface area contributed by atoms with Crippen LogP contribution in [0.5, 0.6) is 0 Å². The van der Waals surface area contributed by atoms with Crippen molar-refractivity contribution in [1.29, 1.82) is 0 Å². The van der Waals surface area contributed by atoms with Crippen molar-refractivity contribution in [2.24, 2.45) is 5.92 Å². The van der Waals surface area contributed by atoms with Crippen molar-refractivity contribution in [2.75, 3.05) is 12.3 Å². The molecule has 0 aliphatic rings. The molecule has 4 nitrogen and oxygen atoms in total. The molecule has 0 radical (unpaired) electrons. The van der Waals surface area contributed by atoms with Crippen LogP contribution in [0.25, 0.3) is 0 Å². The smallest absolute Gasteiger partial charge is 0.243 e. The van der Waals surface area contributed by atoms with E-state index >= 15 is 0 Å². The van der Waals surface area contributed by atoms with Crippen LogP contribution in [-0.4, -0.2) is 35.1 Å². The maximum absolute atomic E-state index is 13.6. The third-order valence-corrected chi connectivity index (χ3v) is 7.14. The molecule has 2 amide bonds. The molecule has 1 atom stereocenters. The third-order valence-electron chi connectivity index (χ3n) is 5.62. The van der Waals surface area contributed by atoms with Gasteiger partial charge < -0.3 is 10.2 Å². The Bertz CT molecular complexity index is 1110. The summed E-state index contributed by atoms with van der Waals surface area (Å²) >= 11 is 13.7. The summed E-state index contributed by atoms with van der Waals surface area (Å²) in [6, 6.07) is 24.2. The largest absolute Gasteiger partial charge is 0.354 e. The molecular formula is C29H32Cl2N2O2S. The van der Waals surface area contributed by atoms with Crippen molar-refractivity contribution in [3.63, 3.8) is 0 Å². The summed E-state index contributed by atoms with van der Waals surface area (Å²) in [6.45, 7) is 4.99. The number of thioether (sulfide) groups is 1. The van der Waals surface area contributed by atoms with Gasteiger partial charge in [-0.15, -0.1) is 11.8 Å². The predicted molar refractivity (Wildman–Crippen MR) is 151 cm³/mol. The molecule has 0 spiro atoms. The Labute approximate surface area is 228 Å². The van der Waals surface area contributed by atoms with E-state index in [1.807, 2.05) is 66.7 Å². The Balaban J connectivity index is 1.82. The van der Waals surface area contributed by atoms with Gasteiger partial charge in [0.2, 0.25) is 11.8 Å². The van der Waals surface area contributed by atoms with Gasteiger partial charge in [-0.25, -0.2) is 0 Å². The molecule has 7 heteroatoms. The van der Waals surface area contributed by atoms with E-state index in [4.69, 9.17) is 23.2 Å². The average molecular weight is 544 g/mol. The van der Waals surface area contributed by atoms with Crippen molar-refractivity contribution in [3.8, 4) is 0 Å². The minimum absolute atomic E-state index is 0.0629. The first-order valence-electron chi connectivity index (χ1n) is 12.1. The van der Waals surface area contributed by atoms with E-state index in [0.29, 0.717) is 47.6 Å². The van der Waals surface area contributed by atoms with Gasteiger partial charge in [-0.1, -0.05) is 79.5 Å². The van der Waals surface area contributed by atoms with Crippen molar-refractivity contribution < 1.29 is 9.59 Å². The van der Waals surface area contributed by atoms with Crippen molar-refractivity contribution >= 4 is 46.8 Å². The van der Waals surface area contributed by atoms with Crippen LogP contribution in [0.3, 0.4) is 0 Å². The number of hydrogen-bond donors (Lipinski definition) is 1. The highest BCUT2D eigenvalue weighted by Crippen LogP contribution is 2.23. The minimum atomic E-state index is -0.630. The van der Waals surface area contributed by atoms with Gasteiger partial charge in [0.25, 0.3) is 0 Å². The Hall–Kier alpha value is -2.47. The molecule has 1 unspecified atom stereocenters. The second kappa shape index (κ2) is 14.3. The zero-order valence-electron chi connectivity index (χ0n) is 20.6. The Morgan fingerprint density at radius 3 is 2.08 bits per heavy atom. The van der Waals surface area contributed by atoms with Gasteiger partial charge in [0.05, 0.1) is 0 Å². The lowest BCUT2D eigenvalue weighted by Crippen LogP contribution is -2.51. The first-order valence-corrected chi connectivity index (χ1v) is 13.8. The van der Waals surface area contributed by atoms with Crippen molar-refractivity contribution in [1.82, 2.24) is 10.2 Å². The van der Waals surface area contributed by atoms with Crippen LogP contribution in [0.1, 0.15) is 31.4 Å². The van der Waals surface area contributed by atoms with Crippen LogP contribution >= 0.6 is 35.0 Å². The molecule has 0 fully saturated rings. The summed E-state index contributed by atoms with van der Waals surface area (Å²) in [5.41, 5.74) is 1.93. The molecule has 3 aromatic carbocycles. The van der Waals surface area contributed by atoms with E-state index in [0.717, 1.165) is 16.0 Å². The molecule has 0 aliphatic carbocycles. The number of carbonyl (C=O) groups is 2. The Kier molecular flexibility index (Phi) is 11.2. The normalized spacial score (nSPS) is 11.8. The average Bonchev–Trinajstić information content (AvgIpc) is 2.87. The number of amides is 2. The molecule has 0 heterocycles. The topological polar surface area (TPSA) is 49.4 Å². The lowest BCUT2D eigenvalue weighted by atomic mass is 10.0. The van der Waals surface area contributed by atoms with E-state index in [2.05, 4.69) is 19.2 Å². The molecule has 1 N–H and O–H groups in total. The van der Waals surface area contributed by atoms with Crippen LogP contribution < -0.4 is 5.32 Å². The van der Waals surface area contributed by atoms with Gasteiger partial charge in [0.1, 0.15) is 6.04 Å². The van der Waals surface area contributed by atoms with Crippen molar-refractivity contribution in [3.05, 3.63) is 100 Å². The minimum Gasteiger partial charge on any atom is -0.354 e. The van der Waals surface area contributed by atoms with E-state index < -0.39 is 6.04 Å². The second-order valence-corrected chi connectivity index (χ2v) is 11.1. The van der Waals surface area contributed by atoms with E-state index in [1.54, 1.807) is 28.8 Å².